The summed E-state index contributed by atoms with van der Waals surface area (Å²) in [6.07, 6.45) is 7.25. The predicted molar refractivity (Wildman–Crippen MR) is 86.8 cm³/mol. The van der Waals surface area contributed by atoms with E-state index in [9.17, 15) is 0 Å². The number of nitrogens with one attached hydrogen (secondary N) is 1. The number of hydrogen-bond acceptors (Lipinski definition) is 2. The van der Waals surface area contributed by atoms with Gasteiger partial charge in [0.1, 0.15) is 5.76 Å². The lowest BCUT2D eigenvalue weighted by Gasteiger charge is -2.38. The van der Waals surface area contributed by atoms with Crippen LogP contribution in [-0.4, -0.2) is 31.0 Å². The van der Waals surface area contributed by atoms with Gasteiger partial charge in [-0.25, -0.2) is 0 Å². The fourth-order valence-electron chi connectivity index (χ4n) is 3.11. The first-order valence-corrected chi connectivity index (χ1v) is 6.79. The summed E-state index contributed by atoms with van der Waals surface area (Å²) in [6, 6.07) is 3.90. The van der Waals surface area contributed by atoms with Crippen LogP contribution in [0.1, 0.15) is 31.4 Å². The molecule has 1 spiro atoms. The maximum Gasteiger partial charge on any atom is 0.194 e. The zero-order valence-corrected chi connectivity index (χ0v) is 13.7. The third kappa shape index (κ3) is 3.07. The van der Waals surface area contributed by atoms with Crippen LogP contribution in [0.15, 0.2) is 27.8 Å². The van der Waals surface area contributed by atoms with Gasteiger partial charge in [-0.2, -0.15) is 0 Å². The van der Waals surface area contributed by atoms with Crippen molar-refractivity contribution >= 4 is 29.9 Å². The van der Waals surface area contributed by atoms with E-state index in [1.54, 1.807) is 6.26 Å². The fraction of sp³-hybridized carbons (Fsp3) is 0.643. The number of nitrogens with zero attached hydrogens (tertiary/aromatic N) is 2. The lowest BCUT2D eigenvalue weighted by molar-refractivity contribution is 0.151. The third-order valence-electron chi connectivity index (χ3n) is 4.36. The molecule has 0 aromatic carbocycles. The van der Waals surface area contributed by atoms with Crippen LogP contribution in [-0.2, 0) is 6.54 Å². The number of likely N-dealkylation sites (tertiary alicyclic amines) is 1. The molecule has 4 nitrogen and oxygen atoms in total. The van der Waals surface area contributed by atoms with Crippen LogP contribution in [0.3, 0.4) is 0 Å². The Kier molecular flexibility index (Phi) is 4.76. The number of rotatable bonds is 2. The molecule has 106 valence electrons. The van der Waals surface area contributed by atoms with Crippen molar-refractivity contribution in [3.8, 4) is 0 Å². The number of halogens is 1. The van der Waals surface area contributed by atoms with Gasteiger partial charge in [0.15, 0.2) is 5.96 Å². The summed E-state index contributed by atoms with van der Waals surface area (Å²) in [6.45, 7) is 3.02. The third-order valence-corrected chi connectivity index (χ3v) is 4.36. The van der Waals surface area contributed by atoms with Gasteiger partial charge in [-0.1, -0.05) is 6.42 Å². The molecular weight excluding hydrogens is 353 g/mol. The molecule has 19 heavy (non-hydrogen) atoms. The van der Waals surface area contributed by atoms with E-state index >= 15 is 0 Å². The van der Waals surface area contributed by atoms with Gasteiger partial charge in [-0.15, -0.1) is 24.0 Å². The molecule has 0 unspecified atom stereocenters. The molecule has 0 radical (unpaired) electrons. The molecule has 3 rings (SSSR count). The SMILES string of the molecule is CN=C(NCc1ccco1)N1CCC2(CCC2)C1.I. The molecule has 1 saturated carbocycles. The quantitative estimate of drug-likeness (QED) is 0.491. The van der Waals surface area contributed by atoms with Crippen molar-refractivity contribution in [1.29, 1.82) is 0 Å². The highest BCUT2D eigenvalue weighted by Crippen LogP contribution is 2.47. The molecule has 5 heteroatoms. The minimum atomic E-state index is 0. The molecule has 1 saturated heterocycles. The maximum atomic E-state index is 5.33. The molecule has 2 aliphatic rings. The second-order valence-corrected chi connectivity index (χ2v) is 5.51. The Morgan fingerprint density at radius 3 is 2.84 bits per heavy atom. The summed E-state index contributed by atoms with van der Waals surface area (Å²) >= 11 is 0. The lowest BCUT2D eigenvalue weighted by atomic mass is 9.68. The van der Waals surface area contributed by atoms with Crippen molar-refractivity contribution in [3.05, 3.63) is 24.2 Å². The van der Waals surface area contributed by atoms with E-state index in [-0.39, 0.29) is 24.0 Å². The number of furan rings is 1. The van der Waals surface area contributed by atoms with Crippen LogP contribution in [0.4, 0.5) is 0 Å². The first-order chi connectivity index (χ1) is 8.81. The Morgan fingerprint density at radius 2 is 2.32 bits per heavy atom. The van der Waals surface area contributed by atoms with E-state index < -0.39 is 0 Å². The minimum absolute atomic E-state index is 0. The molecule has 2 fully saturated rings. The van der Waals surface area contributed by atoms with Gasteiger partial charge in [0, 0.05) is 20.1 Å². The van der Waals surface area contributed by atoms with E-state index in [2.05, 4.69) is 15.2 Å². The molecule has 2 heterocycles. The van der Waals surface area contributed by atoms with Crippen LogP contribution in [0.25, 0.3) is 0 Å². The predicted octanol–water partition coefficient (Wildman–Crippen LogP) is 2.85. The zero-order valence-electron chi connectivity index (χ0n) is 11.4. The van der Waals surface area contributed by atoms with Gasteiger partial charge in [0.05, 0.1) is 12.8 Å². The summed E-state index contributed by atoms with van der Waals surface area (Å²) in [4.78, 5) is 6.77. The highest BCUT2D eigenvalue weighted by molar-refractivity contribution is 14.0. The normalized spacial score (nSPS) is 21.1. The lowest BCUT2D eigenvalue weighted by Crippen LogP contribution is -2.42. The Labute approximate surface area is 131 Å². The molecule has 1 aliphatic carbocycles. The monoisotopic (exact) mass is 375 g/mol. The van der Waals surface area contributed by atoms with Gasteiger partial charge >= 0.3 is 0 Å². The molecular formula is C14H22IN3O. The minimum Gasteiger partial charge on any atom is -0.467 e. The van der Waals surface area contributed by atoms with Gasteiger partial charge in [0.25, 0.3) is 0 Å². The van der Waals surface area contributed by atoms with Crippen LogP contribution < -0.4 is 5.32 Å². The number of guanidine groups is 1. The van der Waals surface area contributed by atoms with Gasteiger partial charge in [-0.3, -0.25) is 4.99 Å². The average molecular weight is 375 g/mol. The summed E-state index contributed by atoms with van der Waals surface area (Å²) in [7, 11) is 1.86. The first kappa shape index (κ1) is 14.7. The Morgan fingerprint density at radius 1 is 1.47 bits per heavy atom. The van der Waals surface area contributed by atoms with Crippen molar-refractivity contribution in [2.24, 2.45) is 10.4 Å². The van der Waals surface area contributed by atoms with E-state index in [1.807, 2.05) is 19.2 Å². The van der Waals surface area contributed by atoms with Crippen LogP contribution in [0.5, 0.6) is 0 Å². The summed E-state index contributed by atoms with van der Waals surface area (Å²) in [5, 5.41) is 3.38. The van der Waals surface area contributed by atoms with Crippen molar-refractivity contribution in [2.45, 2.75) is 32.2 Å². The zero-order chi connectivity index (χ0) is 12.4. The van der Waals surface area contributed by atoms with E-state index in [1.165, 1.54) is 32.2 Å². The standard InChI is InChI=1S/C14H21N3O.HI/c1-15-13(16-10-12-4-2-9-18-12)17-8-7-14(11-17)5-3-6-14;/h2,4,9H,3,5-8,10-11H2,1H3,(H,15,16);1H. The Balaban J connectivity index is 0.00000133. The molecule has 1 aromatic heterocycles. The summed E-state index contributed by atoms with van der Waals surface area (Å²) < 4.78 is 5.33. The molecule has 1 N–H and O–H groups in total. The Bertz CT molecular complexity index is 426. The van der Waals surface area contributed by atoms with Crippen molar-refractivity contribution in [2.75, 3.05) is 20.1 Å². The highest BCUT2D eigenvalue weighted by Gasteiger charge is 2.43. The summed E-state index contributed by atoms with van der Waals surface area (Å²) in [5.41, 5.74) is 0.613. The first-order valence-electron chi connectivity index (χ1n) is 6.79. The highest BCUT2D eigenvalue weighted by atomic mass is 127. The van der Waals surface area contributed by atoms with Gasteiger partial charge < -0.3 is 14.6 Å². The van der Waals surface area contributed by atoms with Gasteiger partial charge in [-0.05, 0) is 36.8 Å². The smallest absolute Gasteiger partial charge is 0.194 e. The largest absolute Gasteiger partial charge is 0.467 e. The molecule has 1 aromatic rings. The molecule has 1 aliphatic heterocycles. The second kappa shape index (κ2) is 6.15. The van der Waals surface area contributed by atoms with E-state index in [0.717, 1.165) is 18.3 Å². The number of hydrogen-bond donors (Lipinski definition) is 1. The molecule has 0 amide bonds. The topological polar surface area (TPSA) is 40.8 Å². The van der Waals surface area contributed by atoms with Gasteiger partial charge in [0.2, 0.25) is 0 Å². The van der Waals surface area contributed by atoms with Crippen LogP contribution in [0, 0.1) is 5.41 Å². The molecule has 0 atom stereocenters. The van der Waals surface area contributed by atoms with Crippen molar-refractivity contribution in [1.82, 2.24) is 10.2 Å². The second-order valence-electron chi connectivity index (χ2n) is 5.51. The fourth-order valence-corrected chi connectivity index (χ4v) is 3.11. The number of aliphatic imine (C=N–C) groups is 1. The van der Waals surface area contributed by atoms with Crippen LogP contribution in [0.2, 0.25) is 0 Å². The maximum absolute atomic E-state index is 5.33. The van der Waals surface area contributed by atoms with Crippen molar-refractivity contribution < 1.29 is 4.42 Å². The van der Waals surface area contributed by atoms with Crippen molar-refractivity contribution in [3.63, 3.8) is 0 Å². The molecule has 0 bridgehead atoms. The van der Waals surface area contributed by atoms with E-state index in [4.69, 9.17) is 4.42 Å². The van der Waals surface area contributed by atoms with Crippen LogP contribution >= 0.6 is 24.0 Å². The average Bonchev–Trinajstić information content (AvgIpc) is 2.97. The summed E-state index contributed by atoms with van der Waals surface area (Å²) in [5.74, 6) is 1.96. The Hall–Kier alpha value is -0.720. The van der Waals surface area contributed by atoms with E-state index in [0.29, 0.717) is 12.0 Å².